The number of urea groups is 1. The van der Waals surface area contributed by atoms with E-state index in [0.29, 0.717) is 5.56 Å². The molecule has 0 atom stereocenters. The van der Waals surface area contributed by atoms with Gasteiger partial charge in [-0.1, -0.05) is 11.6 Å². The van der Waals surface area contributed by atoms with Gasteiger partial charge in [-0.15, -0.1) is 0 Å². The average molecular weight is 245 g/mol. The van der Waals surface area contributed by atoms with Gasteiger partial charge in [-0.3, -0.25) is 10.7 Å². The maximum absolute atomic E-state index is 13.4. The second-order valence-electron chi connectivity index (χ2n) is 3.10. The first-order valence-corrected chi connectivity index (χ1v) is 4.65. The molecule has 0 heterocycles. The highest BCUT2D eigenvalue weighted by atomic mass is 35.5. The topological polar surface area (TPSA) is 91.0 Å². The Labute approximate surface area is 96.3 Å². The Balaban J connectivity index is 2.89. The van der Waals surface area contributed by atoms with Crippen molar-refractivity contribution in [1.82, 2.24) is 5.32 Å². The number of guanidine groups is 1. The Kier molecular flexibility index (Phi) is 3.68. The van der Waals surface area contributed by atoms with Crippen LogP contribution in [-0.4, -0.2) is 12.0 Å². The number of benzene rings is 1. The lowest BCUT2D eigenvalue weighted by Gasteiger charge is -2.09. The van der Waals surface area contributed by atoms with Gasteiger partial charge in [0.25, 0.3) is 0 Å². The molecular formula is C9H10ClFN4O. The molecule has 0 saturated carbocycles. The van der Waals surface area contributed by atoms with E-state index in [9.17, 15) is 9.18 Å². The Morgan fingerprint density at radius 2 is 2.19 bits per heavy atom. The number of rotatable bonds is 1. The van der Waals surface area contributed by atoms with E-state index in [4.69, 9.17) is 22.7 Å². The number of hydrogen-bond acceptors (Lipinski definition) is 2. The first-order chi connectivity index (χ1) is 7.40. The zero-order valence-corrected chi connectivity index (χ0v) is 9.15. The summed E-state index contributed by atoms with van der Waals surface area (Å²) in [5, 5.41) is 11.0. The summed E-state index contributed by atoms with van der Waals surface area (Å²) in [6, 6.07) is 1.92. The van der Waals surface area contributed by atoms with Gasteiger partial charge in [0.1, 0.15) is 5.82 Å². The quantitative estimate of drug-likeness (QED) is 0.448. The van der Waals surface area contributed by atoms with Crippen molar-refractivity contribution in [2.75, 3.05) is 5.32 Å². The number of carbonyl (C=O) groups is 1. The number of carbonyl (C=O) groups excluding carboxylic acids is 1. The molecule has 2 amide bonds. The van der Waals surface area contributed by atoms with Crippen LogP contribution in [-0.2, 0) is 0 Å². The summed E-state index contributed by atoms with van der Waals surface area (Å²) in [4.78, 5) is 11.1. The average Bonchev–Trinajstić information content (AvgIpc) is 2.09. The highest BCUT2D eigenvalue weighted by Crippen LogP contribution is 2.26. The molecule has 16 heavy (non-hydrogen) atoms. The van der Waals surface area contributed by atoms with Gasteiger partial charge in [0.15, 0.2) is 5.96 Å². The summed E-state index contributed by atoms with van der Waals surface area (Å²) in [5.74, 6) is -1.19. The summed E-state index contributed by atoms with van der Waals surface area (Å²) in [6.45, 7) is 1.67. The van der Waals surface area contributed by atoms with E-state index in [0.717, 1.165) is 0 Å². The van der Waals surface area contributed by atoms with E-state index in [2.05, 4.69) is 5.32 Å². The Bertz CT molecular complexity index is 426. The number of amides is 2. The molecule has 0 fully saturated rings. The number of hydrogen-bond donors (Lipinski definition) is 4. The minimum Gasteiger partial charge on any atom is -0.370 e. The van der Waals surface area contributed by atoms with Gasteiger partial charge in [-0.05, 0) is 24.6 Å². The summed E-state index contributed by atoms with van der Waals surface area (Å²) in [7, 11) is 0. The lowest BCUT2D eigenvalue weighted by molar-refractivity contribution is 0.256. The molecule has 0 aromatic heterocycles. The third-order valence-electron chi connectivity index (χ3n) is 1.67. The minimum absolute atomic E-state index is 0.0798. The first-order valence-electron chi connectivity index (χ1n) is 4.28. The van der Waals surface area contributed by atoms with Crippen molar-refractivity contribution in [3.63, 3.8) is 0 Å². The van der Waals surface area contributed by atoms with Gasteiger partial charge < -0.3 is 11.1 Å². The molecule has 5 N–H and O–H groups in total. The van der Waals surface area contributed by atoms with Crippen LogP contribution in [0.2, 0.25) is 5.02 Å². The number of nitrogens with two attached hydrogens (primary N) is 1. The predicted molar refractivity (Wildman–Crippen MR) is 60.2 cm³/mol. The molecule has 5 nitrogen and oxygen atoms in total. The third-order valence-corrected chi connectivity index (χ3v) is 1.97. The van der Waals surface area contributed by atoms with Crippen LogP contribution in [0.3, 0.4) is 0 Å². The molecule has 0 unspecified atom stereocenters. The van der Waals surface area contributed by atoms with Gasteiger partial charge in [0, 0.05) is 0 Å². The van der Waals surface area contributed by atoms with Crippen LogP contribution in [0, 0.1) is 18.2 Å². The van der Waals surface area contributed by atoms with Crippen molar-refractivity contribution >= 4 is 29.3 Å². The molecule has 0 saturated heterocycles. The highest BCUT2D eigenvalue weighted by molar-refractivity contribution is 6.33. The van der Waals surface area contributed by atoms with E-state index in [-0.39, 0.29) is 10.7 Å². The maximum atomic E-state index is 13.4. The van der Waals surface area contributed by atoms with Crippen molar-refractivity contribution in [2.24, 2.45) is 5.73 Å². The van der Waals surface area contributed by atoms with E-state index < -0.39 is 17.8 Å². The summed E-state index contributed by atoms with van der Waals surface area (Å²) in [6.07, 6.45) is 0. The number of nitrogens with one attached hydrogen (secondary N) is 3. The lowest BCUT2D eigenvalue weighted by Crippen LogP contribution is -2.38. The fourth-order valence-electron chi connectivity index (χ4n) is 1.09. The van der Waals surface area contributed by atoms with E-state index in [1.165, 1.54) is 12.1 Å². The van der Waals surface area contributed by atoms with Gasteiger partial charge >= 0.3 is 6.03 Å². The van der Waals surface area contributed by atoms with Crippen LogP contribution in [0.15, 0.2) is 12.1 Å². The van der Waals surface area contributed by atoms with E-state index >= 15 is 0 Å². The number of aryl methyl sites for hydroxylation is 1. The molecule has 7 heteroatoms. The highest BCUT2D eigenvalue weighted by Gasteiger charge is 2.11. The van der Waals surface area contributed by atoms with Gasteiger partial charge in [0.2, 0.25) is 0 Å². The number of halogens is 2. The second-order valence-corrected chi connectivity index (χ2v) is 3.50. The molecule has 1 rings (SSSR count). The van der Waals surface area contributed by atoms with Gasteiger partial charge in [0.05, 0.1) is 10.7 Å². The summed E-state index contributed by atoms with van der Waals surface area (Å²) < 4.78 is 13.4. The van der Waals surface area contributed by atoms with Crippen molar-refractivity contribution in [2.45, 2.75) is 6.92 Å². The van der Waals surface area contributed by atoms with E-state index in [1.807, 2.05) is 5.32 Å². The largest absolute Gasteiger partial charge is 0.370 e. The van der Waals surface area contributed by atoms with Crippen molar-refractivity contribution in [3.8, 4) is 0 Å². The molecule has 0 spiro atoms. The van der Waals surface area contributed by atoms with Crippen LogP contribution in [0.5, 0.6) is 0 Å². The predicted octanol–water partition coefficient (Wildman–Crippen LogP) is 1.80. The van der Waals surface area contributed by atoms with Crippen LogP contribution >= 0.6 is 11.6 Å². The van der Waals surface area contributed by atoms with Crippen LogP contribution in [0.25, 0.3) is 0 Å². The summed E-state index contributed by atoms with van der Waals surface area (Å²) in [5.41, 5.74) is 5.42. The molecule has 1 aromatic carbocycles. The van der Waals surface area contributed by atoms with Crippen LogP contribution in [0.1, 0.15) is 5.56 Å². The molecule has 0 radical (unpaired) electrons. The van der Waals surface area contributed by atoms with Crippen LogP contribution < -0.4 is 16.4 Å². The summed E-state index contributed by atoms with van der Waals surface area (Å²) >= 11 is 5.75. The molecule has 0 aliphatic carbocycles. The maximum Gasteiger partial charge on any atom is 0.326 e. The monoisotopic (exact) mass is 244 g/mol. The Morgan fingerprint density at radius 3 is 2.69 bits per heavy atom. The fourth-order valence-corrected chi connectivity index (χ4v) is 1.40. The molecule has 1 aromatic rings. The third kappa shape index (κ3) is 3.09. The Hall–Kier alpha value is -1.82. The van der Waals surface area contributed by atoms with E-state index in [1.54, 1.807) is 6.92 Å². The van der Waals surface area contributed by atoms with Crippen molar-refractivity contribution in [3.05, 3.63) is 28.5 Å². The van der Waals surface area contributed by atoms with Crippen molar-refractivity contribution in [1.29, 1.82) is 5.41 Å². The van der Waals surface area contributed by atoms with Crippen LogP contribution in [0.4, 0.5) is 14.9 Å². The van der Waals surface area contributed by atoms with Gasteiger partial charge in [-0.25, -0.2) is 9.18 Å². The molecule has 0 bridgehead atoms. The van der Waals surface area contributed by atoms with Gasteiger partial charge in [-0.2, -0.15) is 0 Å². The zero-order chi connectivity index (χ0) is 12.3. The number of anilines is 1. The van der Waals surface area contributed by atoms with Crippen molar-refractivity contribution < 1.29 is 9.18 Å². The molecule has 0 aliphatic rings. The normalized spacial score (nSPS) is 9.69. The zero-order valence-electron chi connectivity index (χ0n) is 8.40. The Morgan fingerprint density at radius 1 is 1.56 bits per heavy atom. The molecular weight excluding hydrogens is 235 g/mol. The lowest BCUT2D eigenvalue weighted by atomic mass is 10.2. The molecule has 86 valence electrons. The fraction of sp³-hybridized carbons (Fsp3) is 0.111. The SMILES string of the molecule is Cc1cc(F)c(NC(=O)NC(=N)N)c(Cl)c1. The smallest absolute Gasteiger partial charge is 0.326 e. The molecule has 0 aliphatic heterocycles. The second kappa shape index (κ2) is 4.80. The first kappa shape index (κ1) is 12.3. The minimum atomic E-state index is -0.822. The standard InChI is InChI=1S/C9H10ClFN4O/c1-4-2-5(10)7(6(11)3-4)14-9(16)15-8(12)13/h2-3H,1H3,(H5,12,13,14,15,16).